The van der Waals surface area contributed by atoms with Crippen LogP contribution >= 0.6 is 0 Å². The minimum Gasteiger partial charge on any atom is -0.211 e. The maximum absolute atomic E-state index is 5.49. The molecule has 0 saturated heterocycles. The Morgan fingerprint density at radius 3 is 0.803 bits per heavy atom. The molecule has 0 spiro atoms. The van der Waals surface area contributed by atoms with Crippen molar-refractivity contribution in [1.29, 1.82) is 0 Å². The van der Waals surface area contributed by atoms with E-state index in [9.17, 15) is 0 Å². The van der Waals surface area contributed by atoms with Crippen LogP contribution in [0, 0.1) is 0 Å². The van der Waals surface area contributed by atoms with E-state index in [-0.39, 0.29) is 0 Å². The monoisotopic (exact) mass is 780 g/mol. The molecule has 8 aromatic carbocycles. The Morgan fingerprint density at radius 1 is 0.213 bits per heavy atom. The molecule has 0 aliphatic heterocycles. The van der Waals surface area contributed by atoms with Gasteiger partial charge >= 0.3 is 0 Å². The summed E-state index contributed by atoms with van der Waals surface area (Å²) < 4.78 is 0. The summed E-state index contributed by atoms with van der Waals surface area (Å²) in [5.74, 6) is 3.27. The van der Waals surface area contributed by atoms with Crippen molar-refractivity contribution in [3.05, 3.63) is 241 Å². The molecule has 0 bridgehead atoms. The maximum Gasteiger partial charge on any atom is 0.163 e. The molecule has 286 valence electrons. The van der Waals surface area contributed by atoms with Crippen molar-refractivity contribution < 1.29 is 0 Å². The molecule has 6 heteroatoms. The molecule has 11 rings (SSSR count). The zero-order valence-electron chi connectivity index (χ0n) is 33.0. The zero-order chi connectivity index (χ0) is 40.6. The summed E-state index contributed by atoms with van der Waals surface area (Å²) in [6, 6.07) is 74.8. The van der Waals surface area contributed by atoms with Crippen LogP contribution in [0.3, 0.4) is 0 Å². The Kier molecular flexibility index (Phi) is 8.94. The van der Waals surface area contributed by atoms with E-state index in [1.807, 2.05) is 72.8 Å². The van der Waals surface area contributed by atoms with E-state index in [0.717, 1.165) is 66.8 Å². The van der Waals surface area contributed by atoms with E-state index >= 15 is 0 Å². The number of aromatic nitrogens is 6. The fourth-order valence-electron chi connectivity index (χ4n) is 8.48. The average Bonchev–Trinajstić information content (AvgIpc) is 3.66. The number of benzene rings is 8. The molecule has 0 atom stereocenters. The fourth-order valence-corrected chi connectivity index (χ4v) is 8.48. The van der Waals surface area contributed by atoms with Crippen LogP contribution in [0.5, 0.6) is 0 Å². The van der Waals surface area contributed by atoms with E-state index in [1.165, 1.54) is 0 Å². The van der Waals surface area contributed by atoms with Gasteiger partial charge in [-0.3, -0.25) is 0 Å². The second-order valence-corrected chi connectivity index (χ2v) is 15.1. The predicted molar refractivity (Wildman–Crippen MR) is 243 cm³/mol. The fraction of sp³-hybridized carbons (Fsp3) is 0.0182. The van der Waals surface area contributed by atoms with Gasteiger partial charge in [-0.25, -0.2) is 29.9 Å². The van der Waals surface area contributed by atoms with Crippen molar-refractivity contribution in [2.45, 2.75) is 5.41 Å². The summed E-state index contributed by atoms with van der Waals surface area (Å²) in [7, 11) is 0. The smallest absolute Gasteiger partial charge is 0.163 e. The summed E-state index contributed by atoms with van der Waals surface area (Å²) >= 11 is 0. The van der Waals surface area contributed by atoms with Crippen LogP contribution in [-0.4, -0.2) is 29.9 Å². The molecular formula is C55H36N6. The van der Waals surface area contributed by atoms with E-state index in [2.05, 4.69) is 146 Å². The highest BCUT2D eigenvalue weighted by atomic mass is 15.1. The van der Waals surface area contributed by atoms with E-state index in [0.29, 0.717) is 34.9 Å². The van der Waals surface area contributed by atoms with Crippen molar-refractivity contribution >= 4 is 0 Å². The number of hydrogen-bond donors (Lipinski definition) is 0. The van der Waals surface area contributed by atoms with Gasteiger partial charge in [-0.1, -0.05) is 218 Å². The topological polar surface area (TPSA) is 77.3 Å². The molecule has 2 aromatic heterocycles. The lowest BCUT2D eigenvalue weighted by Gasteiger charge is -2.30. The van der Waals surface area contributed by atoms with Gasteiger partial charge in [0.25, 0.3) is 0 Å². The first-order valence-corrected chi connectivity index (χ1v) is 20.4. The molecule has 1 aliphatic carbocycles. The quantitative estimate of drug-likeness (QED) is 0.153. The highest BCUT2D eigenvalue weighted by Crippen LogP contribution is 2.55. The third-order valence-corrected chi connectivity index (χ3v) is 11.5. The van der Waals surface area contributed by atoms with Gasteiger partial charge in [-0.15, -0.1) is 0 Å². The van der Waals surface area contributed by atoms with E-state index in [1.54, 1.807) is 0 Å². The van der Waals surface area contributed by atoms with Crippen molar-refractivity contribution in [2.24, 2.45) is 0 Å². The third-order valence-electron chi connectivity index (χ3n) is 11.5. The highest BCUT2D eigenvalue weighted by molar-refractivity contribution is 5.85. The highest BCUT2D eigenvalue weighted by Gasteiger charge is 2.51. The second kappa shape index (κ2) is 15.2. The van der Waals surface area contributed by atoms with Crippen molar-refractivity contribution in [2.75, 3.05) is 0 Å². The summed E-state index contributed by atoms with van der Waals surface area (Å²) in [6.45, 7) is 0. The number of hydrogen-bond acceptors (Lipinski definition) is 6. The first-order valence-electron chi connectivity index (χ1n) is 20.4. The molecule has 0 amide bonds. The standard InChI is InChI=1S/C55H36N6/c1-5-17-37(18-6-1)39-29-33-43(34-30-39)51-56-49(41-21-9-3-10-22-41)58-53(60-51)55(47-27-15-13-25-45(47)46-26-14-16-28-48(46)55)54-59-50(42-23-11-4-12-24-42)57-52(61-54)44-35-31-40(32-36-44)38-19-7-2-8-20-38/h1-36H. The molecule has 61 heavy (non-hydrogen) atoms. The molecule has 0 N–H and O–H groups in total. The Bertz CT molecular complexity index is 2940. The van der Waals surface area contributed by atoms with E-state index in [4.69, 9.17) is 29.9 Å². The summed E-state index contributed by atoms with van der Waals surface area (Å²) in [6.07, 6.45) is 0. The summed E-state index contributed by atoms with van der Waals surface area (Å²) in [4.78, 5) is 32.2. The van der Waals surface area contributed by atoms with Crippen molar-refractivity contribution in [3.8, 4) is 78.9 Å². The lowest BCUT2D eigenvalue weighted by molar-refractivity contribution is 0.639. The van der Waals surface area contributed by atoms with Gasteiger partial charge in [-0.05, 0) is 44.5 Å². The van der Waals surface area contributed by atoms with Crippen LogP contribution in [0.15, 0.2) is 218 Å². The first-order chi connectivity index (χ1) is 30.2. The molecule has 10 aromatic rings. The minimum atomic E-state index is -1.16. The first kappa shape index (κ1) is 35.9. The molecule has 0 unspecified atom stereocenters. The Balaban J connectivity index is 1.19. The molecule has 2 heterocycles. The third kappa shape index (κ3) is 6.38. The van der Waals surface area contributed by atoms with Gasteiger partial charge in [0.1, 0.15) is 5.41 Å². The second-order valence-electron chi connectivity index (χ2n) is 15.1. The Labute approximate surface area is 354 Å². The summed E-state index contributed by atoms with van der Waals surface area (Å²) in [5, 5.41) is 0. The average molecular weight is 781 g/mol. The molecular weight excluding hydrogens is 745 g/mol. The Hall–Kier alpha value is -8.22. The Morgan fingerprint density at radius 2 is 0.459 bits per heavy atom. The van der Waals surface area contributed by atoms with E-state index < -0.39 is 5.41 Å². The van der Waals surface area contributed by atoms with Gasteiger partial charge in [0.2, 0.25) is 0 Å². The molecule has 1 aliphatic rings. The molecule has 6 nitrogen and oxygen atoms in total. The van der Waals surface area contributed by atoms with Crippen LogP contribution in [0.1, 0.15) is 22.8 Å². The van der Waals surface area contributed by atoms with Gasteiger partial charge in [0, 0.05) is 22.3 Å². The van der Waals surface area contributed by atoms with Crippen LogP contribution in [0.4, 0.5) is 0 Å². The van der Waals surface area contributed by atoms with Crippen molar-refractivity contribution in [1.82, 2.24) is 29.9 Å². The van der Waals surface area contributed by atoms with Gasteiger partial charge < -0.3 is 0 Å². The van der Waals surface area contributed by atoms with Crippen LogP contribution in [-0.2, 0) is 5.41 Å². The van der Waals surface area contributed by atoms with Gasteiger partial charge in [0.15, 0.2) is 34.9 Å². The molecule has 0 saturated carbocycles. The van der Waals surface area contributed by atoms with Crippen molar-refractivity contribution in [3.63, 3.8) is 0 Å². The number of fused-ring (bicyclic) bond motifs is 3. The lowest BCUT2D eigenvalue weighted by atomic mass is 9.76. The van der Waals surface area contributed by atoms with Crippen LogP contribution < -0.4 is 0 Å². The predicted octanol–water partition coefficient (Wildman–Crippen LogP) is 12.4. The maximum atomic E-state index is 5.49. The SMILES string of the molecule is c1ccc(-c2ccc(-c3nc(-c4ccccc4)nc(C4(c5nc(-c6ccccc6)nc(-c6ccc(-c7ccccc7)cc6)n5)c5ccccc5-c5ccccc54)n3)cc2)cc1. The molecule has 0 radical (unpaired) electrons. The van der Waals surface area contributed by atoms with Gasteiger partial charge in [-0.2, -0.15) is 0 Å². The lowest BCUT2D eigenvalue weighted by Crippen LogP contribution is -2.34. The minimum absolute atomic E-state index is 0.525. The van der Waals surface area contributed by atoms with Crippen LogP contribution in [0.25, 0.3) is 78.9 Å². The summed E-state index contributed by atoms with van der Waals surface area (Å²) in [5.41, 5.74) is 11.0. The zero-order valence-corrected chi connectivity index (χ0v) is 33.0. The largest absolute Gasteiger partial charge is 0.211 e. The van der Waals surface area contributed by atoms with Crippen LogP contribution in [0.2, 0.25) is 0 Å². The normalized spacial score (nSPS) is 12.4. The number of rotatable bonds is 8. The molecule has 0 fully saturated rings. The van der Waals surface area contributed by atoms with Gasteiger partial charge in [0.05, 0.1) is 0 Å². The number of nitrogens with zero attached hydrogens (tertiary/aromatic N) is 6.